The van der Waals surface area contributed by atoms with Gasteiger partial charge in [0.15, 0.2) is 0 Å². The first kappa shape index (κ1) is 19.2. The first-order valence-electron chi connectivity index (χ1n) is 9.05. The molecule has 10 heteroatoms. The summed E-state index contributed by atoms with van der Waals surface area (Å²) < 4.78 is 52.9. The number of nitrogens with zero attached hydrogens (tertiary/aromatic N) is 4. The molecule has 2 heterocycles. The van der Waals surface area contributed by atoms with E-state index in [1.54, 1.807) is 15.6 Å². The van der Waals surface area contributed by atoms with Crippen molar-refractivity contribution in [3.8, 4) is 0 Å². The van der Waals surface area contributed by atoms with Crippen LogP contribution in [0.25, 0.3) is 11.0 Å². The lowest BCUT2D eigenvalue weighted by Crippen LogP contribution is -2.41. The second kappa shape index (κ2) is 7.34. The zero-order valence-electron chi connectivity index (χ0n) is 15.2. The number of nitrogens with one attached hydrogen (secondary N) is 1. The number of aromatic nitrogens is 3. The molecular weight excluding hydrogens is 390 g/mol. The first-order valence-corrected chi connectivity index (χ1v) is 9.05. The van der Waals surface area contributed by atoms with Crippen LogP contribution in [0.2, 0.25) is 0 Å². The topological polar surface area (TPSA) is 63.1 Å². The number of carbonyl (C=O) groups is 1. The average molecular weight is 407 g/mol. The number of benzene rings is 2. The Labute approximate surface area is 163 Å². The van der Waals surface area contributed by atoms with E-state index in [1.807, 2.05) is 0 Å². The van der Waals surface area contributed by atoms with Crippen LogP contribution in [0, 0.1) is 5.82 Å². The van der Waals surface area contributed by atoms with Crippen molar-refractivity contribution in [1.82, 2.24) is 19.9 Å². The van der Waals surface area contributed by atoms with Crippen LogP contribution in [0.15, 0.2) is 42.5 Å². The van der Waals surface area contributed by atoms with Crippen LogP contribution in [0.5, 0.6) is 0 Å². The molecule has 1 aliphatic heterocycles. The van der Waals surface area contributed by atoms with Crippen molar-refractivity contribution >= 4 is 22.8 Å². The summed E-state index contributed by atoms with van der Waals surface area (Å²) in [5, 5.41) is 10.7. The van der Waals surface area contributed by atoms with E-state index in [1.165, 1.54) is 24.3 Å². The molecule has 152 valence electrons. The molecule has 1 saturated heterocycles. The van der Waals surface area contributed by atoms with Gasteiger partial charge in [0.05, 0.1) is 17.1 Å². The normalized spacial score (nSPS) is 15.7. The molecule has 1 N–H and O–H groups in total. The van der Waals surface area contributed by atoms with Gasteiger partial charge in [-0.1, -0.05) is 5.21 Å². The van der Waals surface area contributed by atoms with Gasteiger partial charge in [-0.25, -0.2) is 13.9 Å². The Hall–Kier alpha value is -3.17. The molecule has 1 aromatic heterocycles. The summed E-state index contributed by atoms with van der Waals surface area (Å²) in [4.78, 5) is 14.0. The average Bonchev–Trinajstić information content (AvgIpc) is 3.11. The largest absolute Gasteiger partial charge is 0.416 e. The van der Waals surface area contributed by atoms with E-state index in [9.17, 15) is 22.4 Å². The van der Waals surface area contributed by atoms with Crippen molar-refractivity contribution < 1.29 is 22.4 Å². The van der Waals surface area contributed by atoms with Crippen LogP contribution in [-0.2, 0) is 6.18 Å². The summed E-state index contributed by atoms with van der Waals surface area (Å²) in [5.74, 6) is -0.376. The molecule has 1 fully saturated rings. The predicted molar refractivity (Wildman–Crippen MR) is 97.8 cm³/mol. The van der Waals surface area contributed by atoms with E-state index >= 15 is 0 Å². The summed E-state index contributed by atoms with van der Waals surface area (Å²) in [6.07, 6.45) is -3.14. The lowest BCUT2D eigenvalue weighted by Gasteiger charge is -2.32. The van der Waals surface area contributed by atoms with Crippen molar-refractivity contribution in [2.24, 2.45) is 0 Å². The molecule has 6 nitrogen and oxygen atoms in total. The van der Waals surface area contributed by atoms with E-state index in [0.29, 0.717) is 37.1 Å². The minimum atomic E-state index is -4.41. The molecule has 0 bridgehead atoms. The molecular formula is C19H17F4N5O. The lowest BCUT2D eigenvalue weighted by atomic mass is 10.1. The summed E-state index contributed by atoms with van der Waals surface area (Å²) in [6.45, 7) is 0.916. The standard InChI is InChI=1S/C19H17F4N5O/c20-13-3-6-17-16(11-13)25-26-28(17)15-7-9-27(10-8-15)18(29)24-14-4-1-12(2-5-14)19(21,22)23/h1-6,11,15H,7-10H2,(H,24,29). The Morgan fingerprint density at radius 1 is 1.07 bits per heavy atom. The fraction of sp³-hybridized carbons (Fsp3) is 0.316. The Bertz CT molecular complexity index is 1020. The Kier molecular flexibility index (Phi) is 4.85. The SMILES string of the molecule is O=C(Nc1ccc(C(F)(F)F)cc1)N1CCC(n2nnc3cc(F)ccc32)CC1. The highest BCUT2D eigenvalue weighted by molar-refractivity contribution is 5.89. The Morgan fingerprint density at radius 2 is 1.76 bits per heavy atom. The maximum Gasteiger partial charge on any atom is 0.416 e. The number of urea groups is 1. The van der Waals surface area contributed by atoms with Crippen LogP contribution in [0.4, 0.5) is 28.0 Å². The number of piperidine rings is 1. The number of anilines is 1. The first-order chi connectivity index (χ1) is 13.8. The second-order valence-electron chi connectivity index (χ2n) is 6.89. The van der Waals surface area contributed by atoms with E-state index in [0.717, 1.165) is 17.6 Å². The molecule has 1 aliphatic rings. The van der Waals surface area contributed by atoms with Crippen molar-refractivity contribution in [2.75, 3.05) is 18.4 Å². The maximum absolute atomic E-state index is 13.3. The quantitative estimate of drug-likeness (QED) is 0.638. The van der Waals surface area contributed by atoms with Gasteiger partial charge in [0.2, 0.25) is 0 Å². The van der Waals surface area contributed by atoms with E-state index in [4.69, 9.17) is 0 Å². The molecule has 2 amide bonds. The lowest BCUT2D eigenvalue weighted by molar-refractivity contribution is -0.137. The second-order valence-corrected chi connectivity index (χ2v) is 6.89. The van der Waals surface area contributed by atoms with Gasteiger partial charge in [-0.2, -0.15) is 13.2 Å². The fourth-order valence-corrected chi connectivity index (χ4v) is 3.44. The zero-order valence-corrected chi connectivity index (χ0v) is 15.2. The Balaban J connectivity index is 1.37. The number of hydrogen-bond acceptors (Lipinski definition) is 3. The number of hydrogen-bond donors (Lipinski definition) is 1. The predicted octanol–water partition coefficient (Wildman–Crippen LogP) is 4.46. The molecule has 0 saturated carbocycles. The third kappa shape index (κ3) is 4.01. The third-order valence-corrected chi connectivity index (χ3v) is 4.99. The molecule has 2 aromatic carbocycles. The van der Waals surface area contributed by atoms with Crippen LogP contribution in [0.1, 0.15) is 24.4 Å². The molecule has 0 aliphatic carbocycles. The van der Waals surface area contributed by atoms with Crippen LogP contribution >= 0.6 is 0 Å². The number of likely N-dealkylation sites (tertiary alicyclic amines) is 1. The number of fused-ring (bicyclic) bond motifs is 1. The number of rotatable bonds is 2. The molecule has 4 rings (SSSR count). The fourth-order valence-electron chi connectivity index (χ4n) is 3.44. The van der Waals surface area contributed by atoms with Crippen molar-refractivity contribution in [2.45, 2.75) is 25.1 Å². The van der Waals surface area contributed by atoms with Crippen LogP contribution < -0.4 is 5.32 Å². The summed E-state index contributed by atoms with van der Waals surface area (Å²) in [6, 6.07) is 8.30. The number of halogens is 4. The third-order valence-electron chi connectivity index (χ3n) is 4.99. The van der Waals surface area contributed by atoms with Gasteiger partial charge < -0.3 is 10.2 Å². The van der Waals surface area contributed by atoms with Gasteiger partial charge >= 0.3 is 12.2 Å². The van der Waals surface area contributed by atoms with Gasteiger partial charge in [-0.05, 0) is 49.2 Å². The summed E-state index contributed by atoms with van der Waals surface area (Å²) in [7, 11) is 0. The summed E-state index contributed by atoms with van der Waals surface area (Å²) >= 11 is 0. The van der Waals surface area contributed by atoms with E-state index in [2.05, 4.69) is 15.6 Å². The maximum atomic E-state index is 13.3. The summed E-state index contributed by atoms with van der Waals surface area (Å²) in [5.41, 5.74) is 0.747. The number of carbonyl (C=O) groups excluding carboxylic acids is 1. The van der Waals surface area contributed by atoms with Crippen LogP contribution in [0.3, 0.4) is 0 Å². The van der Waals surface area contributed by atoms with Gasteiger partial charge in [-0.15, -0.1) is 5.10 Å². The molecule has 0 unspecified atom stereocenters. The van der Waals surface area contributed by atoms with Gasteiger partial charge in [-0.3, -0.25) is 0 Å². The zero-order chi connectivity index (χ0) is 20.6. The van der Waals surface area contributed by atoms with Gasteiger partial charge in [0.1, 0.15) is 11.3 Å². The highest BCUT2D eigenvalue weighted by Gasteiger charge is 2.30. The number of alkyl halides is 3. The van der Waals surface area contributed by atoms with E-state index in [-0.39, 0.29) is 17.9 Å². The van der Waals surface area contributed by atoms with E-state index < -0.39 is 11.7 Å². The molecule has 29 heavy (non-hydrogen) atoms. The molecule has 0 radical (unpaired) electrons. The van der Waals surface area contributed by atoms with Crippen LogP contribution in [-0.4, -0.2) is 39.0 Å². The van der Waals surface area contributed by atoms with Crippen molar-refractivity contribution in [3.05, 3.63) is 53.8 Å². The Morgan fingerprint density at radius 3 is 2.41 bits per heavy atom. The number of amides is 2. The smallest absolute Gasteiger partial charge is 0.324 e. The molecule has 0 spiro atoms. The molecule has 3 aromatic rings. The van der Waals surface area contributed by atoms with Gasteiger partial charge in [0, 0.05) is 24.8 Å². The monoisotopic (exact) mass is 407 g/mol. The minimum absolute atomic E-state index is 0.0283. The van der Waals surface area contributed by atoms with Crippen molar-refractivity contribution in [1.29, 1.82) is 0 Å². The molecule has 0 atom stereocenters. The highest BCUT2D eigenvalue weighted by atomic mass is 19.4. The van der Waals surface area contributed by atoms with Gasteiger partial charge in [0.25, 0.3) is 0 Å². The minimum Gasteiger partial charge on any atom is -0.324 e. The highest BCUT2D eigenvalue weighted by Crippen LogP contribution is 2.30. The van der Waals surface area contributed by atoms with Crippen molar-refractivity contribution in [3.63, 3.8) is 0 Å².